The Morgan fingerprint density at radius 3 is 2.53 bits per heavy atom. The van der Waals surface area contributed by atoms with Crippen molar-refractivity contribution >= 4 is 34.8 Å². The van der Waals surface area contributed by atoms with Crippen molar-refractivity contribution in [2.75, 3.05) is 11.9 Å². The molecule has 0 spiro atoms. The van der Waals surface area contributed by atoms with E-state index in [0.29, 0.717) is 16.4 Å². The number of anilines is 1. The number of nitriles is 1. The summed E-state index contributed by atoms with van der Waals surface area (Å²) in [6.45, 7) is 1.52. The van der Waals surface area contributed by atoms with Crippen LogP contribution in [0.2, 0.25) is 10.0 Å². The Balaban J connectivity index is 1.47. The van der Waals surface area contributed by atoms with Gasteiger partial charge in [0, 0.05) is 22.3 Å². The van der Waals surface area contributed by atoms with E-state index < -0.39 is 0 Å². The van der Waals surface area contributed by atoms with Gasteiger partial charge in [0.15, 0.2) is 5.69 Å². The highest BCUT2D eigenvalue weighted by Crippen LogP contribution is 2.21. The molecule has 0 fully saturated rings. The Morgan fingerprint density at radius 1 is 1.07 bits per heavy atom. The Kier molecular flexibility index (Phi) is 7.75. The van der Waals surface area contributed by atoms with E-state index in [1.54, 1.807) is 6.07 Å². The van der Waals surface area contributed by atoms with Gasteiger partial charge in [-0.3, -0.25) is 9.78 Å². The Morgan fingerprint density at radius 2 is 1.87 bits per heavy atom. The predicted molar refractivity (Wildman–Crippen MR) is 117 cm³/mol. The molecule has 3 aromatic rings. The number of nitrogens with zero attached hydrogens (tertiary/aromatic N) is 3. The fraction of sp³-hybridized carbons (Fsp3) is 0.182. The van der Waals surface area contributed by atoms with Crippen LogP contribution in [0.3, 0.4) is 0 Å². The lowest BCUT2D eigenvalue weighted by Gasteiger charge is -2.10. The maximum absolute atomic E-state index is 12.2. The highest BCUT2D eigenvalue weighted by Gasteiger charge is 2.08. The van der Waals surface area contributed by atoms with Crippen LogP contribution >= 0.6 is 23.2 Å². The van der Waals surface area contributed by atoms with Crippen molar-refractivity contribution in [3.05, 3.63) is 87.4 Å². The fourth-order valence-corrected chi connectivity index (χ4v) is 3.16. The first-order valence-corrected chi connectivity index (χ1v) is 10.0. The second-order valence-electron chi connectivity index (χ2n) is 6.59. The lowest BCUT2D eigenvalue weighted by Crippen LogP contribution is -2.17. The van der Waals surface area contributed by atoms with Gasteiger partial charge in [0.1, 0.15) is 6.07 Å². The number of halogens is 2. The molecule has 0 saturated heterocycles. The third-order valence-electron chi connectivity index (χ3n) is 4.31. The number of rotatable bonds is 8. The van der Waals surface area contributed by atoms with E-state index in [4.69, 9.17) is 28.5 Å². The molecule has 0 bridgehead atoms. The summed E-state index contributed by atoms with van der Waals surface area (Å²) >= 11 is 12.3. The predicted octanol–water partition coefficient (Wildman–Crippen LogP) is 4.17. The van der Waals surface area contributed by atoms with E-state index >= 15 is 0 Å². The minimum atomic E-state index is -0.234. The van der Waals surface area contributed by atoms with Gasteiger partial charge in [-0.1, -0.05) is 41.4 Å². The van der Waals surface area contributed by atoms with Crippen molar-refractivity contribution in [1.29, 1.82) is 5.26 Å². The van der Waals surface area contributed by atoms with Gasteiger partial charge in [0.05, 0.1) is 24.5 Å². The van der Waals surface area contributed by atoms with Gasteiger partial charge in [-0.15, -0.1) is 0 Å². The topological polar surface area (TPSA) is 90.7 Å². The summed E-state index contributed by atoms with van der Waals surface area (Å²) in [4.78, 5) is 20.1. The molecule has 2 aromatic carbocycles. The summed E-state index contributed by atoms with van der Waals surface area (Å²) in [5, 5.41) is 16.2. The molecule has 0 radical (unpaired) electrons. The molecule has 0 unspecified atom stereocenters. The van der Waals surface area contributed by atoms with Crippen LogP contribution in [-0.2, 0) is 24.2 Å². The minimum absolute atomic E-state index is 0.0622. The summed E-state index contributed by atoms with van der Waals surface area (Å²) in [7, 11) is 0. The van der Waals surface area contributed by atoms with Gasteiger partial charge in [0.25, 0.3) is 0 Å². The number of nitrogens with one attached hydrogen (secondary N) is 2. The molecule has 2 N–H and O–H groups in total. The van der Waals surface area contributed by atoms with Crippen LogP contribution in [0, 0.1) is 11.3 Å². The molecule has 1 amide bonds. The van der Waals surface area contributed by atoms with E-state index in [1.807, 2.05) is 42.5 Å². The molecule has 1 aromatic heterocycles. The normalized spacial score (nSPS) is 10.4. The molecule has 0 aliphatic heterocycles. The Bertz CT molecular complexity index is 1050. The second kappa shape index (κ2) is 10.7. The summed E-state index contributed by atoms with van der Waals surface area (Å²) in [6, 6.07) is 15.1. The molecule has 1 heterocycles. The maximum Gasteiger partial charge on any atom is 0.230 e. The van der Waals surface area contributed by atoms with Crippen LogP contribution in [0.25, 0.3) is 0 Å². The number of benzene rings is 2. The van der Waals surface area contributed by atoms with Crippen molar-refractivity contribution < 1.29 is 4.79 Å². The largest absolute Gasteiger partial charge is 0.326 e. The van der Waals surface area contributed by atoms with Crippen molar-refractivity contribution in [1.82, 2.24) is 15.3 Å². The van der Waals surface area contributed by atoms with Crippen LogP contribution in [0.15, 0.2) is 54.9 Å². The second-order valence-corrected chi connectivity index (χ2v) is 7.43. The Labute approximate surface area is 184 Å². The Hall–Kier alpha value is -2.98. The lowest BCUT2D eigenvalue weighted by molar-refractivity contribution is -0.115. The average molecular weight is 440 g/mol. The number of carbonyl (C=O) groups excluding carboxylic acids is 1. The number of aromatic nitrogens is 2. The standard InChI is InChI=1S/C22H19Cl2N5O/c23-17-4-1-15(2-5-17)12-26-8-7-16-3-6-18(9-21(16)24)29-22(30)10-19-13-28-20(11-25)14-27-19/h1-6,9,13-14,26H,7-8,10,12H2,(H,29,30). The first-order chi connectivity index (χ1) is 14.5. The van der Waals surface area contributed by atoms with E-state index in [1.165, 1.54) is 12.4 Å². The summed E-state index contributed by atoms with van der Waals surface area (Å²) < 4.78 is 0. The van der Waals surface area contributed by atoms with Crippen molar-refractivity contribution in [2.45, 2.75) is 19.4 Å². The molecule has 152 valence electrons. The zero-order valence-corrected chi connectivity index (χ0v) is 17.5. The number of carbonyl (C=O) groups is 1. The quantitative estimate of drug-likeness (QED) is 0.513. The monoisotopic (exact) mass is 439 g/mol. The number of hydrogen-bond donors (Lipinski definition) is 2. The lowest BCUT2D eigenvalue weighted by atomic mass is 10.1. The molecule has 30 heavy (non-hydrogen) atoms. The molecular weight excluding hydrogens is 421 g/mol. The summed E-state index contributed by atoms with van der Waals surface area (Å²) in [5.41, 5.74) is 3.47. The van der Waals surface area contributed by atoms with Gasteiger partial charge < -0.3 is 10.6 Å². The number of amides is 1. The molecule has 0 atom stereocenters. The maximum atomic E-state index is 12.2. The van der Waals surface area contributed by atoms with Crippen LogP contribution in [0.4, 0.5) is 5.69 Å². The first-order valence-electron chi connectivity index (χ1n) is 9.28. The van der Waals surface area contributed by atoms with E-state index in [0.717, 1.165) is 35.7 Å². The first kappa shape index (κ1) is 21.7. The summed E-state index contributed by atoms with van der Waals surface area (Å²) in [5.74, 6) is -0.234. The van der Waals surface area contributed by atoms with Crippen LogP contribution < -0.4 is 10.6 Å². The SMILES string of the molecule is N#Cc1cnc(CC(=O)Nc2ccc(CCNCc3ccc(Cl)cc3)c(Cl)c2)cn1. The zero-order chi connectivity index (χ0) is 21.3. The van der Waals surface area contributed by atoms with Crippen LogP contribution in [-0.4, -0.2) is 22.4 Å². The van der Waals surface area contributed by atoms with E-state index in [-0.39, 0.29) is 18.0 Å². The fourth-order valence-electron chi connectivity index (χ4n) is 2.76. The van der Waals surface area contributed by atoms with Gasteiger partial charge in [0.2, 0.25) is 5.91 Å². The zero-order valence-electron chi connectivity index (χ0n) is 16.0. The molecular formula is C22H19Cl2N5O. The third-order valence-corrected chi connectivity index (χ3v) is 4.92. The number of hydrogen-bond acceptors (Lipinski definition) is 5. The minimum Gasteiger partial charge on any atom is -0.326 e. The van der Waals surface area contributed by atoms with E-state index in [9.17, 15) is 4.79 Å². The average Bonchev–Trinajstić information content (AvgIpc) is 2.74. The third kappa shape index (κ3) is 6.53. The van der Waals surface area contributed by atoms with Crippen molar-refractivity contribution in [3.8, 4) is 6.07 Å². The smallest absolute Gasteiger partial charge is 0.230 e. The molecule has 6 nitrogen and oxygen atoms in total. The van der Waals surface area contributed by atoms with Crippen molar-refractivity contribution in [2.24, 2.45) is 0 Å². The van der Waals surface area contributed by atoms with Crippen LogP contribution in [0.1, 0.15) is 22.5 Å². The van der Waals surface area contributed by atoms with Gasteiger partial charge in [-0.25, -0.2) is 4.98 Å². The molecule has 3 rings (SSSR count). The highest BCUT2D eigenvalue weighted by atomic mass is 35.5. The highest BCUT2D eigenvalue weighted by molar-refractivity contribution is 6.31. The molecule has 0 saturated carbocycles. The van der Waals surface area contributed by atoms with Crippen molar-refractivity contribution in [3.63, 3.8) is 0 Å². The molecule has 0 aliphatic rings. The van der Waals surface area contributed by atoms with Crippen LogP contribution in [0.5, 0.6) is 0 Å². The molecule has 8 heteroatoms. The van der Waals surface area contributed by atoms with E-state index in [2.05, 4.69) is 20.6 Å². The van der Waals surface area contributed by atoms with Gasteiger partial charge in [-0.2, -0.15) is 5.26 Å². The van der Waals surface area contributed by atoms with Gasteiger partial charge >= 0.3 is 0 Å². The summed E-state index contributed by atoms with van der Waals surface area (Å²) in [6.07, 6.45) is 3.59. The molecule has 0 aliphatic carbocycles. The van der Waals surface area contributed by atoms with Gasteiger partial charge in [-0.05, 0) is 48.4 Å².